The molecule has 0 spiro atoms. The van der Waals surface area contributed by atoms with Gasteiger partial charge in [0.15, 0.2) is 5.78 Å². The lowest BCUT2D eigenvalue weighted by molar-refractivity contribution is 0.0691. The van der Waals surface area contributed by atoms with Crippen LogP contribution in [0.5, 0.6) is 0 Å². The lowest BCUT2D eigenvalue weighted by atomic mass is 9.90. The highest BCUT2D eigenvalue weighted by Gasteiger charge is 2.24. The Morgan fingerprint density at radius 3 is 2.29 bits per heavy atom. The summed E-state index contributed by atoms with van der Waals surface area (Å²) in [5.41, 5.74) is 3.88. The minimum Gasteiger partial charge on any atom is -0.478 e. The first-order valence-electron chi connectivity index (χ1n) is 11.2. The van der Waals surface area contributed by atoms with Crippen LogP contribution in [0.3, 0.4) is 0 Å². The van der Waals surface area contributed by atoms with E-state index in [9.17, 15) is 23.5 Å². The van der Waals surface area contributed by atoms with Gasteiger partial charge in [-0.15, -0.1) is 0 Å². The van der Waals surface area contributed by atoms with Crippen LogP contribution in [0.25, 0.3) is 33.4 Å². The predicted octanol–water partition coefficient (Wildman–Crippen LogP) is 7.60. The molecule has 0 aliphatic rings. The number of hydrogen-bond donors (Lipinski definition) is 1. The van der Waals surface area contributed by atoms with E-state index in [1.807, 2.05) is 19.1 Å². The number of aryl methyl sites for hydroxylation is 2. The Morgan fingerprint density at radius 2 is 1.68 bits per heavy atom. The van der Waals surface area contributed by atoms with Gasteiger partial charge in [0.2, 0.25) is 0 Å². The van der Waals surface area contributed by atoms with Crippen LogP contribution < -0.4 is 0 Å². The fourth-order valence-electron chi connectivity index (χ4n) is 4.30. The van der Waals surface area contributed by atoms with Gasteiger partial charge in [-0.2, -0.15) is 0 Å². The van der Waals surface area contributed by atoms with E-state index in [1.165, 1.54) is 24.3 Å². The molecule has 0 aliphatic heterocycles. The second kappa shape index (κ2) is 9.21. The molecule has 0 atom stereocenters. The minimum absolute atomic E-state index is 0.130. The van der Waals surface area contributed by atoms with Crippen LogP contribution in [0, 0.1) is 18.6 Å². The van der Waals surface area contributed by atoms with Crippen molar-refractivity contribution in [2.24, 2.45) is 0 Å². The Balaban J connectivity index is 2.05. The van der Waals surface area contributed by atoms with Gasteiger partial charge in [0.25, 0.3) is 0 Å². The number of furan rings is 1. The monoisotopic (exact) mass is 462 g/mol. The van der Waals surface area contributed by atoms with Crippen molar-refractivity contribution in [3.05, 3.63) is 82.4 Å². The van der Waals surface area contributed by atoms with Crippen molar-refractivity contribution in [2.45, 2.75) is 40.0 Å². The molecule has 34 heavy (non-hydrogen) atoms. The normalized spacial score (nSPS) is 11.2. The van der Waals surface area contributed by atoms with E-state index in [2.05, 4.69) is 0 Å². The standard InChI is InChI=1S/C28H24F2O4/c1-4-6-17-12-25-22(14-20(17)19-13-21(28(32)33)23(30)11-15(19)3)26(24(31)5-2)27(34-25)16-7-9-18(29)10-8-16/h7-14H,4-6H2,1-3H3,(H,32,33). The highest BCUT2D eigenvalue weighted by molar-refractivity contribution is 6.13. The highest BCUT2D eigenvalue weighted by atomic mass is 19.1. The van der Waals surface area contributed by atoms with Crippen LogP contribution in [0.15, 0.2) is 52.9 Å². The number of carbonyl (C=O) groups excluding carboxylic acids is 1. The minimum atomic E-state index is -1.35. The number of Topliss-reactive ketones (excluding diaryl/α,β-unsaturated/α-hetero) is 1. The van der Waals surface area contributed by atoms with Gasteiger partial charge >= 0.3 is 5.97 Å². The molecule has 4 aromatic rings. The molecule has 174 valence electrons. The zero-order valence-electron chi connectivity index (χ0n) is 19.2. The SMILES string of the molecule is CCCc1cc2oc(-c3ccc(F)cc3)c(C(=O)CC)c2cc1-c1cc(C(=O)O)c(F)cc1C. The van der Waals surface area contributed by atoms with Crippen LogP contribution >= 0.6 is 0 Å². The fourth-order valence-corrected chi connectivity index (χ4v) is 4.30. The molecule has 1 aromatic heterocycles. The molecule has 3 aromatic carbocycles. The van der Waals surface area contributed by atoms with Crippen LogP contribution in [-0.2, 0) is 6.42 Å². The molecule has 4 rings (SSSR count). The molecular formula is C28H24F2O4. The Labute approximate surface area is 195 Å². The first-order valence-corrected chi connectivity index (χ1v) is 11.2. The van der Waals surface area contributed by atoms with E-state index in [0.29, 0.717) is 45.4 Å². The molecule has 1 N–H and O–H groups in total. The number of carboxylic acid groups (broad SMARTS) is 1. The number of halogens is 2. The second-order valence-corrected chi connectivity index (χ2v) is 8.30. The van der Waals surface area contributed by atoms with E-state index in [-0.39, 0.29) is 12.2 Å². The van der Waals surface area contributed by atoms with Gasteiger partial charge in [-0.3, -0.25) is 4.79 Å². The summed E-state index contributed by atoms with van der Waals surface area (Å²) in [5.74, 6) is -2.30. The van der Waals surface area contributed by atoms with Crippen LogP contribution in [-0.4, -0.2) is 16.9 Å². The van der Waals surface area contributed by atoms with Gasteiger partial charge in [0.1, 0.15) is 23.0 Å². The zero-order chi connectivity index (χ0) is 24.6. The lowest BCUT2D eigenvalue weighted by Crippen LogP contribution is -2.03. The van der Waals surface area contributed by atoms with Crippen molar-refractivity contribution in [1.82, 2.24) is 0 Å². The first kappa shape index (κ1) is 23.4. The molecule has 0 aliphatic carbocycles. The van der Waals surface area contributed by atoms with Crippen molar-refractivity contribution >= 4 is 22.7 Å². The van der Waals surface area contributed by atoms with Gasteiger partial charge in [-0.05, 0) is 84.1 Å². The van der Waals surface area contributed by atoms with Gasteiger partial charge < -0.3 is 9.52 Å². The van der Waals surface area contributed by atoms with Crippen molar-refractivity contribution in [3.8, 4) is 22.5 Å². The summed E-state index contributed by atoms with van der Waals surface area (Å²) in [5, 5.41) is 10.0. The summed E-state index contributed by atoms with van der Waals surface area (Å²) >= 11 is 0. The summed E-state index contributed by atoms with van der Waals surface area (Å²) in [4.78, 5) is 24.6. The van der Waals surface area contributed by atoms with Crippen molar-refractivity contribution in [1.29, 1.82) is 0 Å². The molecule has 0 saturated carbocycles. The fraction of sp³-hybridized carbons (Fsp3) is 0.214. The molecule has 0 bridgehead atoms. The lowest BCUT2D eigenvalue weighted by Gasteiger charge is -2.14. The van der Waals surface area contributed by atoms with Gasteiger partial charge in [0.05, 0.1) is 11.1 Å². The number of benzene rings is 3. The molecule has 0 amide bonds. The molecule has 1 heterocycles. The molecule has 0 unspecified atom stereocenters. The quantitative estimate of drug-likeness (QED) is 0.287. The Morgan fingerprint density at radius 1 is 0.971 bits per heavy atom. The molecule has 6 heteroatoms. The van der Waals surface area contributed by atoms with E-state index < -0.39 is 23.2 Å². The number of aromatic carboxylic acids is 1. The smallest absolute Gasteiger partial charge is 0.338 e. The van der Waals surface area contributed by atoms with Crippen molar-refractivity contribution < 1.29 is 27.9 Å². The summed E-state index contributed by atoms with van der Waals surface area (Å²) in [7, 11) is 0. The van der Waals surface area contributed by atoms with Gasteiger partial charge in [0, 0.05) is 17.4 Å². The maximum Gasteiger partial charge on any atom is 0.338 e. The zero-order valence-corrected chi connectivity index (χ0v) is 19.2. The van der Waals surface area contributed by atoms with Crippen LogP contribution in [0.2, 0.25) is 0 Å². The van der Waals surface area contributed by atoms with E-state index in [4.69, 9.17) is 4.42 Å². The Bertz CT molecular complexity index is 1420. The van der Waals surface area contributed by atoms with Gasteiger partial charge in [-0.1, -0.05) is 20.3 Å². The van der Waals surface area contributed by atoms with Gasteiger partial charge in [-0.25, -0.2) is 13.6 Å². The third kappa shape index (κ3) is 4.12. The summed E-state index contributed by atoms with van der Waals surface area (Å²) in [6, 6.07) is 12.0. The first-order chi connectivity index (χ1) is 16.2. The molecule has 0 fully saturated rings. The predicted molar refractivity (Wildman–Crippen MR) is 127 cm³/mol. The number of carbonyl (C=O) groups is 2. The third-order valence-electron chi connectivity index (χ3n) is 5.97. The summed E-state index contributed by atoms with van der Waals surface area (Å²) in [6.45, 7) is 5.50. The van der Waals surface area contributed by atoms with Crippen LogP contribution in [0.4, 0.5) is 8.78 Å². The average molecular weight is 462 g/mol. The number of fused-ring (bicyclic) bond motifs is 1. The number of hydrogen-bond acceptors (Lipinski definition) is 3. The molecular weight excluding hydrogens is 438 g/mol. The Kier molecular flexibility index (Phi) is 6.33. The van der Waals surface area contributed by atoms with E-state index in [1.54, 1.807) is 26.0 Å². The van der Waals surface area contributed by atoms with Crippen molar-refractivity contribution in [2.75, 3.05) is 0 Å². The summed E-state index contributed by atoms with van der Waals surface area (Å²) < 4.78 is 33.9. The van der Waals surface area contributed by atoms with Crippen LogP contribution in [0.1, 0.15) is 58.5 Å². The number of rotatable bonds is 7. The summed E-state index contributed by atoms with van der Waals surface area (Å²) in [6.07, 6.45) is 1.73. The molecule has 4 nitrogen and oxygen atoms in total. The van der Waals surface area contributed by atoms with Crippen molar-refractivity contribution in [3.63, 3.8) is 0 Å². The Hall–Kier alpha value is -3.80. The van der Waals surface area contributed by atoms with E-state index in [0.717, 1.165) is 17.5 Å². The maximum absolute atomic E-state index is 14.3. The second-order valence-electron chi connectivity index (χ2n) is 8.30. The maximum atomic E-state index is 14.3. The largest absolute Gasteiger partial charge is 0.478 e. The average Bonchev–Trinajstić information content (AvgIpc) is 3.17. The molecule has 0 saturated heterocycles. The number of ketones is 1. The third-order valence-corrected chi connectivity index (χ3v) is 5.97. The highest BCUT2D eigenvalue weighted by Crippen LogP contribution is 2.40. The molecule has 0 radical (unpaired) electrons. The topological polar surface area (TPSA) is 67.5 Å². The number of carboxylic acids is 1. The van der Waals surface area contributed by atoms with E-state index >= 15 is 0 Å².